The third-order valence-electron chi connectivity index (χ3n) is 2.87. The van der Waals surface area contributed by atoms with Gasteiger partial charge in [-0.25, -0.2) is 0 Å². The Labute approximate surface area is 83.5 Å². The predicted octanol–water partition coefficient (Wildman–Crippen LogP) is 3.90. The molecule has 0 rings (SSSR count). The van der Waals surface area contributed by atoms with Crippen molar-refractivity contribution in [1.82, 2.24) is 0 Å². The molecule has 1 nitrogen and oxygen atoms in total. The maximum absolute atomic E-state index is 10.1. The summed E-state index contributed by atoms with van der Waals surface area (Å²) in [6, 6.07) is 0. The molecule has 0 aromatic rings. The van der Waals surface area contributed by atoms with E-state index in [2.05, 4.69) is 20.8 Å². The standard InChI is InChI=1S/C12H26O/c1-4-7-8-9-11-12(13,6-3)10-5-2/h13H,4-11H2,1-3H3. The van der Waals surface area contributed by atoms with Crippen molar-refractivity contribution < 1.29 is 5.11 Å². The summed E-state index contributed by atoms with van der Waals surface area (Å²) in [6.07, 6.45) is 9.03. The number of aliphatic hydroxyl groups is 1. The summed E-state index contributed by atoms with van der Waals surface area (Å²) < 4.78 is 0. The molecule has 1 heteroatoms. The lowest BCUT2D eigenvalue weighted by Gasteiger charge is -2.26. The minimum absolute atomic E-state index is 0.359. The van der Waals surface area contributed by atoms with E-state index in [1.165, 1.54) is 25.7 Å². The highest BCUT2D eigenvalue weighted by Crippen LogP contribution is 2.24. The molecule has 0 heterocycles. The van der Waals surface area contributed by atoms with E-state index in [1.54, 1.807) is 0 Å². The van der Waals surface area contributed by atoms with E-state index in [9.17, 15) is 5.11 Å². The second-order valence-electron chi connectivity index (χ2n) is 4.14. The molecule has 0 bridgehead atoms. The summed E-state index contributed by atoms with van der Waals surface area (Å²) in [6.45, 7) is 6.46. The lowest BCUT2D eigenvalue weighted by Crippen LogP contribution is -2.27. The Kier molecular flexibility index (Phi) is 7.35. The van der Waals surface area contributed by atoms with Gasteiger partial charge in [-0.1, -0.05) is 52.9 Å². The topological polar surface area (TPSA) is 20.2 Å². The first-order valence-electron chi connectivity index (χ1n) is 5.91. The molecule has 0 amide bonds. The average Bonchev–Trinajstić information content (AvgIpc) is 2.13. The summed E-state index contributed by atoms with van der Waals surface area (Å²) in [5.74, 6) is 0. The molecule has 1 atom stereocenters. The molecule has 0 aliphatic heterocycles. The monoisotopic (exact) mass is 186 g/mol. The Bertz CT molecular complexity index is 112. The van der Waals surface area contributed by atoms with Gasteiger partial charge in [-0.15, -0.1) is 0 Å². The SMILES string of the molecule is CCCCCCC(O)(CC)CCC. The molecule has 0 saturated carbocycles. The van der Waals surface area contributed by atoms with Crippen LogP contribution in [-0.2, 0) is 0 Å². The van der Waals surface area contributed by atoms with E-state index in [0.29, 0.717) is 0 Å². The van der Waals surface area contributed by atoms with Gasteiger partial charge in [0.1, 0.15) is 0 Å². The van der Waals surface area contributed by atoms with Gasteiger partial charge in [0.15, 0.2) is 0 Å². The zero-order valence-electron chi connectivity index (χ0n) is 9.60. The molecule has 0 saturated heterocycles. The molecule has 0 aromatic heterocycles. The van der Waals surface area contributed by atoms with Gasteiger partial charge >= 0.3 is 0 Å². The van der Waals surface area contributed by atoms with Crippen LogP contribution in [0.4, 0.5) is 0 Å². The van der Waals surface area contributed by atoms with Crippen LogP contribution in [0.1, 0.15) is 72.1 Å². The van der Waals surface area contributed by atoms with E-state index in [1.807, 2.05) is 0 Å². The van der Waals surface area contributed by atoms with Gasteiger partial charge in [-0.3, -0.25) is 0 Å². The van der Waals surface area contributed by atoms with Crippen molar-refractivity contribution in [2.75, 3.05) is 0 Å². The second kappa shape index (κ2) is 7.37. The van der Waals surface area contributed by atoms with Crippen molar-refractivity contribution in [1.29, 1.82) is 0 Å². The van der Waals surface area contributed by atoms with Crippen LogP contribution in [0.25, 0.3) is 0 Å². The third kappa shape index (κ3) is 6.09. The second-order valence-corrected chi connectivity index (χ2v) is 4.14. The number of hydrogen-bond donors (Lipinski definition) is 1. The highest BCUT2D eigenvalue weighted by Gasteiger charge is 2.22. The van der Waals surface area contributed by atoms with Crippen molar-refractivity contribution in [3.05, 3.63) is 0 Å². The van der Waals surface area contributed by atoms with Crippen molar-refractivity contribution in [2.45, 2.75) is 77.7 Å². The summed E-state index contributed by atoms with van der Waals surface area (Å²) in [5, 5.41) is 10.1. The number of rotatable bonds is 8. The minimum Gasteiger partial charge on any atom is -0.390 e. The lowest BCUT2D eigenvalue weighted by atomic mass is 9.89. The largest absolute Gasteiger partial charge is 0.390 e. The molecule has 0 aliphatic carbocycles. The molecule has 0 aliphatic rings. The van der Waals surface area contributed by atoms with E-state index in [0.717, 1.165) is 25.7 Å². The van der Waals surface area contributed by atoms with Crippen molar-refractivity contribution in [3.8, 4) is 0 Å². The average molecular weight is 186 g/mol. The fourth-order valence-electron chi connectivity index (χ4n) is 1.82. The molecular weight excluding hydrogens is 160 g/mol. The van der Waals surface area contributed by atoms with Crippen molar-refractivity contribution in [2.24, 2.45) is 0 Å². The van der Waals surface area contributed by atoms with Crippen LogP contribution in [0.15, 0.2) is 0 Å². The van der Waals surface area contributed by atoms with E-state index in [-0.39, 0.29) is 5.60 Å². The quantitative estimate of drug-likeness (QED) is 0.570. The fourth-order valence-corrected chi connectivity index (χ4v) is 1.82. The van der Waals surface area contributed by atoms with Crippen LogP contribution in [-0.4, -0.2) is 10.7 Å². The zero-order chi connectivity index (χ0) is 10.2. The first-order valence-corrected chi connectivity index (χ1v) is 5.91. The first-order chi connectivity index (χ1) is 6.18. The molecule has 0 spiro atoms. The summed E-state index contributed by atoms with van der Waals surface area (Å²) in [7, 11) is 0. The molecular formula is C12H26O. The van der Waals surface area contributed by atoms with Gasteiger partial charge in [0.25, 0.3) is 0 Å². The van der Waals surface area contributed by atoms with Crippen LogP contribution >= 0.6 is 0 Å². The number of hydrogen-bond acceptors (Lipinski definition) is 1. The van der Waals surface area contributed by atoms with Gasteiger partial charge in [-0.05, 0) is 19.3 Å². The van der Waals surface area contributed by atoms with Crippen LogP contribution in [0.2, 0.25) is 0 Å². The van der Waals surface area contributed by atoms with Gasteiger partial charge in [0.2, 0.25) is 0 Å². The number of unbranched alkanes of at least 4 members (excludes halogenated alkanes) is 3. The molecule has 13 heavy (non-hydrogen) atoms. The Morgan fingerprint density at radius 1 is 0.846 bits per heavy atom. The maximum atomic E-state index is 10.1. The summed E-state index contributed by atoms with van der Waals surface area (Å²) in [5.41, 5.74) is -0.359. The Morgan fingerprint density at radius 2 is 1.54 bits per heavy atom. The van der Waals surface area contributed by atoms with Gasteiger partial charge < -0.3 is 5.11 Å². The maximum Gasteiger partial charge on any atom is 0.0645 e. The minimum atomic E-state index is -0.359. The molecule has 80 valence electrons. The highest BCUT2D eigenvalue weighted by molar-refractivity contribution is 4.75. The lowest BCUT2D eigenvalue weighted by molar-refractivity contribution is 0.0158. The predicted molar refractivity (Wildman–Crippen MR) is 58.9 cm³/mol. The van der Waals surface area contributed by atoms with Gasteiger partial charge in [-0.2, -0.15) is 0 Å². The van der Waals surface area contributed by atoms with Gasteiger partial charge in [0, 0.05) is 0 Å². The van der Waals surface area contributed by atoms with E-state index >= 15 is 0 Å². The first kappa shape index (κ1) is 13.0. The van der Waals surface area contributed by atoms with Crippen LogP contribution in [0.5, 0.6) is 0 Å². The van der Waals surface area contributed by atoms with E-state index in [4.69, 9.17) is 0 Å². The smallest absolute Gasteiger partial charge is 0.0645 e. The molecule has 1 N–H and O–H groups in total. The van der Waals surface area contributed by atoms with Crippen molar-refractivity contribution in [3.63, 3.8) is 0 Å². The normalized spacial score (nSPS) is 15.7. The molecule has 0 fully saturated rings. The molecule has 1 unspecified atom stereocenters. The molecule has 0 aromatic carbocycles. The highest BCUT2D eigenvalue weighted by atomic mass is 16.3. The Morgan fingerprint density at radius 3 is 2.00 bits per heavy atom. The fraction of sp³-hybridized carbons (Fsp3) is 1.00. The van der Waals surface area contributed by atoms with Crippen LogP contribution in [0, 0.1) is 0 Å². The Balaban J connectivity index is 3.57. The van der Waals surface area contributed by atoms with Crippen molar-refractivity contribution >= 4 is 0 Å². The third-order valence-corrected chi connectivity index (χ3v) is 2.87. The van der Waals surface area contributed by atoms with E-state index < -0.39 is 0 Å². The molecule has 0 radical (unpaired) electrons. The zero-order valence-corrected chi connectivity index (χ0v) is 9.60. The summed E-state index contributed by atoms with van der Waals surface area (Å²) in [4.78, 5) is 0. The Hall–Kier alpha value is -0.0400. The summed E-state index contributed by atoms with van der Waals surface area (Å²) >= 11 is 0. The van der Waals surface area contributed by atoms with Crippen LogP contribution < -0.4 is 0 Å². The van der Waals surface area contributed by atoms with Gasteiger partial charge in [0.05, 0.1) is 5.60 Å². The van der Waals surface area contributed by atoms with Crippen LogP contribution in [0.3, 0.4) is 0 Å².